The van der Waals surface area contributed by atoms with Gasteiger partial charge in [-0.05, 0) is 25.2 Å². The Balaban J connectivity index is 4.31. The molecule has 0 unspecified atom stereocenters. The third-order valence-electron chi connectivity index (χ3n) is 9.29. The molecule has 0 aliphatic carbocycles. The van der Waals surface area contributed by atoms with Gasteiger partial charge in [-0.15, -0.1) is 0 Å². The zero-order valence-corrected chi connectivity index (χ0v) is 32.4. The highest BCUT2D eigenvalue weighted by Gasteiger charge is 2.19. The third kappa shape index (κ3) is 35.7. The fraction of sp³-hybridized carbons (Fsp3) is 0.929. The van der Waals surface area contributed by atoms with Gasteiger partial charge in [0.15, 0.2) is 6.10 Å². The summed E-state index contributed by atoms with van der Waals surface area (Å²) in [5.41, 5.74) is 0. The number of unbranched alkanes of at least 4 members (excludes halogenated alkanes) is 24. The van der Waals surface area contributed by atoms with E-state index in [0.29, 0.717) is 19.3 Å². The molecule has 0 aliphatic heterocycles. The van der Waals surface area contributed by atoms with Gasteiger partial charge in [-0.3, -0.25) is 14.4 Å². The molecule has 0 aromatic carbocycles. The van der Waals surface area contributed by atoms with Crippen LogP contribution in [0.3, 0.4) is 0 Å². The van der Waals surface area contributed by atoms with Crippen LogP contribution in [0.2, 0.25) is 0 Å². The number of ether oxygens (including phenoxy) is 3. The molecule has 284 valence electrons. The lowest BCUT2D eigenvalue weighted by atomic mass is 10.0. The van der Waals surface area contributed by atoms with Crippen LogP contribution in [0.5, 0.6) is 0 Å². The van der Waals surface area contributed by atoms with E-state index in [1.165, 1.54) is 122 Å². The molecule has 0 aromatic rings. The van der Waals surface area contributed by atoms with E-state index in [1.54, 1.807) is 0 Å². The number of carbonyl (C=O) groups is 3. The molecule has 0 saturated carbocycles. The molecule has 0 radical (unpaired) electrons. The van der Waals surface area contributed by atoms with E-state index < -0.39 is 6.10 Å². The van der Waals surface area contributed by atoms with Crippen molar-refractivity contribution >= 4 is 17.9 Å². The first kappa shape index (κ1) is 46.4. The molecule has 0 spiro atoms. The summed E-state index contributed by atoms with van der Waals surface area (Å²) in [7, 11) is 0. The molecule has 48 heavy (non-hydrogen) atoms. The van der Waals surface area contributed by atoms with Crippen LogP contribution in [0.25, 0.3) is 0 Å². The monoisotopic (exact) mass is 681 g/mol. The van der Waals surface area contributed by atoms with Gasteiger partial charge in [0, 0.05) is 19.3 Å². The largest absolute Gasteiger partial charge is 0.462 e. The van der Waals surface area contributed by atoms with Crippen LogP contribution in [0.1, 0.15) is 227 Å². The van der Waals surface area contributed by atoms with Crippen molar-refractivity contribution in [3.05, 3.63) is 0 Å². The Kier molecular flexibility index (Phi) is 35.5. The Morgan fingerprint density at radius 3 is 1.02 bits per heavy atom. The Morgan fingerprint density at radius 2 is 0.688 bits per heavy atom. The van der Waals surface area contributed by atoms with E-state index in [0.717, 1.165) is 63.7 Å². The second-order valence-electron chi connectivity index (χ2n) is 14.7. The summed E-state index contributed by atoms with van der Waals surface area (Å²) in [4.78, 5) is 37.4. The van der Waals surface area contributed by atoms with Gasteiger partial charge in [-0.1, -0.05) is 188 Å². The lowest BCUT2D eigenvalue weighted by Gasteiger charge is -2.18. The minimum atomic E-state index is -0.757. The maximum atomic E-state index is 12.6. The zero-order chi connectivity index (χ0) is 35.3. The molecular formula is C42H80O6. The molecule has 0 N–H and O–H groups in total. The van der Waals surface area contributed by atoms with Crippen molar-refractivity contribution < 1.29 is 28.6 Å². The molecule has 0 heterocycles. The van der Waals surface area contributed by atoms with E-state index >= 15 is 0 Å². The Labute approximate surface area is 298 Å². The summed E-state index contributed by atoms with van der Waals surface area (Å²) in [5.74, 6) is -0.0587. The number of esters is 3. The van der Waals surface area contributed by atoms with Gasteiger partial charge in [0.1, 0.15) is 13.2 Å². The van der Waals surface area contributed by atoms with Crippen molar-refractivity contribution in [3.63, 3.8) is 0 Å². The smallest absolute Gasteiger partial charge is 0.306 e. The van der Waals surface area contributed by atoms with Crippen molar-refractivity contribution in [1.29, 1.82) is 0 Å². The quantitative estimate of drug-likeness (QED) is 0.0369. The number of carbonyl (C=O) groups excluding carboxylic acids is 3. The van der Waals surface area contributed by atoms with E-state index in [9.17, 15) is 14.4 Å². The third-order valence-corrected chi connectivity index (χ3v) is 9.29. The van der Waals surface area contributed by atoms with Gasteiger partial charge in [0.25, 0.3) is 0 Å². The highest BCUT2D eigenvalue weighted by atomic mass is 16.6. The molecular weight excluding hydrogens is 600 g/mol. The number of rotatable bonds is 37. The summed E-state index contributed by atoms with van der Waals surface area (Å²) in [6, 6.07) is 0. The maximum Gasteiger partial charge on any atom is 0.306 e. The first-order chi connectivity index (χ1) is 23.4. The van der Waals surface area contributed by atoms with Gasteiger partial charge in [-0.25, -0.2) is 0 Å². The first-order valence-electron chi connectivity index (χ1n) is 20.9. The molecule has 0 amide bonds. The maximum absolute atomic E-state index is 12.6. The van der Waals surface area contributed by atoms with Crippen LogP contribution in [-0.4, -0.2) is 37.2 Å². The number of hydrogen-bond donors (Lipinski definition) is 0. The zero-order valence-electron chi connectivity index (χ0n) is 32.4. The summed E-state index contributed by atoms with van der Waals surface area (Å²) in [6.07, 6.45) is 33.8. The summed E-state index contributed by atoms with van der Waals surface area (Å²) >= 11 is 0. The SMILES string of the molecule is CCCCCCCCCCCCCC(=O)O[C@H](COC(=O)CCCCCCCCC)COC(=O)CCCCCCCCCCCC(C)C. The van der Waals surface area contributed by atoms with Gasteiger partial charge in [-0.2, -0.15) is 0 Å². The molecule has 6 heteroatoms. The minimum Gasteiger partial charge on any atom is -0.462 e. The normalized spacial score (nSPS) is 11.9. The topological polar surface area (TPSA) is 78.9 Å². The molecule has 1 atom stereocenters. The van der Waals surface area contributed by atoms with Crippen molar-refractivity contribution in [2.75, 3.05) is 13.2 Å². The summed E-state index contributed by atoms with van der Waals surface area (Å²) in [6.45, 7) is 8.91. The minimum absolute atomic E-state index is 0.0651. The molecule has 0 aromatic heterocycles. The van der Waals surface area contributed by atoms with Crippen LogP contribution in [0.4, 0.5) is 0 Å². The highest BCUT2D eigenvalue weighted by Crippen LogP contribution is 2.15. The van der Waals surface area contributed by atoms with Crippen molar-refractivity contribution in [1.82, 2.24) is 0 Å². The van der Waals surface area contributed by atoms with E-state index in [1.807, 2.05) is 0 Å². The molecule has 6 nitrogen and oxygen atoms in total. The van der Waals surface area contributed by atoms with Crippen LogP contribution in [-0.2, 0) is 28.6 Å². The van der Waals surface area contributed by atoms with Crippen molar-refractivity contribution in [2.24, 2.45) is 5.92 Å². The lowest BCUT2D eigenvalue weighted by molar-refractivity contribution is -0.167. The van der Waals surface area contributed by atoms with E-state index in [-0.39, 0.29) is 31.1 Å². The highest BCUT2D eigenvalue weighted by molar-refractivity contribution is 5.71. The summed E-state index contributed by atoms with van der Waals surface area (Å²) < 4.78 is 16.6. The fourth-order valence-electron chi connectivity index (χ4n) is 6.10. The molecule has 0 bridgehead atoms. The van der Waals surface area contributed by atoms with Gasteiger partial charge in [0.2, 0.25) is 0 Å². The van der Waals surface area contributed by atoms with Crippen LogP contribution < -0.4 is 0 Å². The average molecular weight is 681 g/mol. The predicted molar refractivity (Wildman–Crippen MR) is 201 cm³/mol. The second-order valence-corrected chi connectivity index (χ2v) is 14.7. The first-order valence-corrected chi connectivity index (χ1v) is 20.9. The van der Waals surface area contributed by atoms with E-state index in [2.05, 4.69) is 27.7 Å². The molecule has 0 rings (SSSR count). The van der Waals surface area contributed by atoms with Crippen molar-refractivity contribution in [2.45, 2.75) is 233 Å². The van der Waals surface area contributed by atoms with E-state index in [4.69, 9.17) is 14.2 Å². The molecule has 0 aliphatic rings. The van der Waals surface area contributed by atoms with Crippen LogP contribution in [0.15, 0.2) is 0 Å². The van der Waals surface area contributed by atoms with Gasteiger partial charge in [0.05, 0.1) is 0 Å². The Morgan fingerprint density at radius 1 is 0.396 bits per heavy atom. The Hall–Kier alpha value is -1.59. The average Bonchev–Trinajstić information content (AvgIpc) is 3.06. The van der Waals surface area contributed by atoms with Crippen LogP contribution in [0, 0.1) is 5.92 Å². The predicted octanol–water partition coefficient (Wildman–Crippen LogP) is 12.8. The second kappa shape index (κ2) is 36.7. The summed E-state index contributed by atoms with van der Waals surface area (Å²) in [5, 5.41) is 0. The van der Waals surface area contributed by atoms with Crippen molar-refractivity contribution in [3.8, 4) is 0 Å². The van der Waals surface area contributed by atoms with Gasteiger partial charge < -0.3 is 14.2 Å². The standard InChI is InChI=1S/C42H80O6/c1-5-7-9-11-13-14-15-18-23-27-31-35-42(45)48-39(36-46-40(43)33-29-25-20-12-10-8-6-2)37-47-41(44)34-30-26-22-19-16-17-21-24-28-32-38(3)4/h38-39H,5-37H2,1-4H3/t39-/m1/s1. The van der Waals surface area contributed by atoms with Crippen LogP contribution >= 0.6 is 0 Å². The molecule has 0 saturated heterocycles. The lowest BCUT2D eigenvalue weighted by Crippen LogP contribution is -2.30. The Bertz CT molecular complexity index is 721. The number of hydrogen-bond acceptors (Lipinski definition) is 6. The molecule has 0 fully saturated rings. The van der Waals surface area contributed by atoms with Gasteiger partial charge >= 0.3 is 17.9 Å². The fourth-order valence-corrected chi connectivity index (χ4v) is 6.10.